The van der Waals surface area contributed by atoms with E-state index in [1.54, 1.807) is 45.0 Å². The van der Waals surface area contributed by atoms with E-state index in [-0.39, 0.29) is 18.6 Å². The van der Waals surface area contributed by atoms with Crippen LogP contribution in [0.25, 0.3) is 0 Å². The largest absolute Gasteiger partial charge is 0.467 e. The van der Waals surface area contributed by atoms with E-state index in [9.17, 15) is 19.2 Å². The van der Waals surface area contributed by atoms with Crippen molar-refractivity contribution >= 4 is 29.8 Å². The summed E-state index contributed by atoms with van der Waals surface area (Å²) in [5.74, 6) is -1.17. The molecule has 1 aliphatic rings. The van der Waals surface area contributed by atoms with E-state index in [1.165, 1.54) is 14.2 Å². The van der Waals surface area contributed by atoms with Gasteiger partial charge in [0.1, 0.15) is 11.6 Å². The number of amides is 3. The Morgan fingerprint density at radius 1 is 1.03 bits per heavy atom. The van der Waals surface area contributed by atoms with Crippen LogP contribution in [0.1, 0.15) is 32.8 Å². The topological polar surface area (TPSA) is 141 Å². The molecule has 3 amide bonds. The van der Waals surface area contributed by atoms with Gasteiger partial charge in [0, 0.05) is 24.2 Å². The molecule has 11 heteroatoms. The first kappa shape index (κ1) is 26.7. The van der Waals surface area contributed by atoms with Gasteiger partial charge < -0.3 is 34.9 Å². The highest BCUT2D eigenvalue weighted by atomic mass is 16.6. The van der Waals surface area contributed by atoms with E-state index in [2.05, 4.69) is 16.0 Å². The lowest BCUT2D eigenvalue weighted by molar-refractivity contribution is -0.143. The first-order valence-corrected chi connectivity index (χ1v) is 10.6. The molecular formula is C23H31N3O8. The number of carbonyl (C=O) groups is 4. The number of hydrogen-bond acceptors (Lipinski definition) is 8. The number of carbonyl (C=O) groups excluding carboxylic acids is 4. The van der Waals surface area contributed by atoms with Gasteiger partial charge in [-0.15, -0.1) is 0 Å². The Hall–Kier alpha value is -3.60. The molecule has 0 spiro atoms. The van der Waals surface area contributed by atoms with Crippen LogP contribution in [0.4, 0.5) is 15.3 Å². The molecule has 1 aromatic carbocycles. The molecule has 2 rings (SSSR count). The summed E-state index contributed by atoms with van der Waals surface area (Å²) in [6.45, 7) is 5.60. The molecule has 0 bridgehead atoms. The zero-order valence-electron chi connectivity index (χ0n) is 20.0. The number of benzene rings is 1. The zero-order chi connectivity index (χ0) is 25.3. The van der Waals surface area contributed by atoms with Gasteiger partial charge in [-0.25, -0.2) is 19.2 Å². The van der Waals surface area contributed by atoms with Crippen molar-refractivity contribution in [2.24, 2.45) is 0 Å². The summed E-state index contributed by atoms with van der Waals surface area (Å²) in [6.07, 6.45) is -0.198. The van der Waals surface area contributed by atoms with Crippen molar-refractivity contribution in [2.45, 2.75) is 45.3 Å². The summed E-state index contributed by atoms with van der Waals surface area (Å²) < 4.78 is 20.0. The van der Waals surface area contributed by atoms with Gasteiger partial charge in [-0.2, -0.15) is 0 Å². The number of anilines is 1. The van der Waals surface area contributed by atoms with E-state index in [1.807, 2.05) is 0 Å². The predicted molar refractivity (Wildman–Crippen MR) is 122 cm³/mol. The lowest BCUT2D eigenvalue weighted by atomic mass is 10.1. The van der Waals surface area contributed by atoms with Crippen molar-refractivity contribution < 1.29 is 38.1 Å². The summed E-state index contributed by atoms with van der Waals surface area (Å²) in [6, 6.07) is 5.24. The smallest absolute Gasteiger partial charge is 0.408 e. The van der Waals surface area contributed by atoms with Crippen molar-refractivity contribution in [3.05, 3.63) is 41.1 Å². The molecule has 0 aromatic heterocycles. The first-order valence-electron chi connectivity index (χ1n) is 10.6. The van der Waals surface area contributed by atoms with E-state index in [4.69, 9.17) is 18.9 Å². The molecular weight excluding hydrogens is 446 g/mol. The number of rotatable bonds is 7. The highest BCUT2D eigenvalue weighted by Crippen LogP contribution is 2.16. The van der Waals surface area contributed by atoms with Crippen LogP contribution in [-0.2, 0) is 35.0 Å². The molecule has 1 heterocycles. The number of esters is 2. The summed E-state index contributed by atoms with van der Waals surface area (Å²) in [7, 11) is 2.49. The van der Waals surface area contributed by atoms with Crippen LogP contribution in [-0.4, -0.2) is 63.1 Å². The molecule has 0 saturated heterocycles. The number of alkyl carbamates (subject to hydrolysis) is 1. The molecule has 1 aliphatic heterocycles. The van der Waals surface area contributed by atoms with Crippen molar-refractivity contribution in [2.75, 3.05) is 32.8 Å². The third-order valence-electron chi connectivity index (χ3n) is 4.63. The second-order valence-electron chi connectivity index (χ2n) is 8.45. The van der Waals surface area contributed by atoms with Gasteiger partial charge in [-0.3, -0.25) is 0 Å². The Labute approximate surface area is 198 Å². The Balaban J connectivity index is 2.00. The van der Waals surface area contributed by atoms with Crippen molar-refractivity contribution in [3.63, 3.8) is 0 Å². The highest BCUT2D eigenvalue weighted by Gasteiger charge is 2.25. The Kier molecular flexibility index (Phi) is 9.43. The number of nitrogens with one attached hydrogen (secondary N) is 3. The molecule has 0 fully saturated rings. The van der Waals surface area contributed by atoms with Crippen molar-refractivity contribution in [1.29, 1.82) is 0 Å². The fourth-order valence-electron chi connectivity index (χ4n) is 3.07. The maximum Gasteiger partial charge on any atom is 0.408 e. The van der Waals surface area contributed by atoms with Crippen LogP contribution in [0, 0.1) is 0 Å². The lowest BCUT2D eigenvalue weighted by Gasteiger charge is -2.22. The normalized spacial score (nSPS) is 14.5. The minimum absolute atomic E-state index is 0.0652. The second-order valence-corrected chi connectivity index (χ2v) is 8.45. The minimum atomic E-state index is -0.945. The molecule has 3 N–H and O–H groups in total. The van der Waals surface area contributed by atoms with E-state index >= 15 is 0 Å². The van der Waals surface area contributed by atoms with Crippen LogP contribution in [0.3, 0.4) is 0 Å². The van der Waals surface area contributed by atoms with E-state index < -0.39 is 35.7 Å². The Bertz CT molecular complexity index is 935. The summed E-state index contributed by atoms with van der Waals surface area (Å²) in [5.41, 5.74) is 1.21. The van der Waals surface area contributed by atoms with E-state index in [0.29, 0.717) is 24.4 Å². The van der Waals surface area contributed by atoms with Crippen molar-refractivity contribution in [1.82, 2.24) is 10.6 Å². The lowest BCUT2D eigenvalue weighted by Crippen LogP contribution is -2.45. The third-order valence-corrected chi connectivity index (χ3v) is 4.63. The Morgan fingerprint density at radius 2 is 1.71 bits per heavy atom. The quantitative estimate of drug-likeness (QED) is 0.401. The van der Waals surface area contributed by atoms with Crippen LogP contribution in [0.2, 0.25) is 0 Å². The summed E-state index contributed by atoms with van der Waals surface area (Å²) in [5, 5.41) is 7.86. The molecule has 1 atom stereocenters. The summed E-state index contributed by atoms with van der Waals surface area (Å²) >= 11 is 0. The summed E-state index contributed by atoms with van der Waals surface area (Å²) in [4.78, 5) is 48.4. The monoisotopic (exact) mass is 477 g/mol. The van der Waals surface area contributed by atoms with Gasteiger partial charge in [0.25, 0.3) is 0 Å². The van der Waals surface area contributed by atoms with Gasteiger partial charge in [0.15, 0.2) is 0 Å². The maximum atomic E-state index is 12.4. The maximum absolute atomic E-state index is 12.4. The molecule has 0 aliphatic carbocycles. The van der Waals surface area contributed by atoms with Gasteiger partial charge in [0.2, 0.25) is 0 Å². The number of urea groups is 1. The van der Waals surface area contributed by atoms with Gasteiger partial charge in [-0.05, 0) is 38.5 Å². The SMILES string of the molecule is COC(=O)C1=C(NC(=O)Nc2ccc(CC(NC(=O)OC(C)(C)C)C(=O)OC)cc2)CCOC1. The van der Waals surface area contributed by atoms with Crippen LogP contribution >= 0.6 is 0 Å². The molecule has 0 saturated carbocycles. The molecule has 34 heavy (non-hydrogen) atoms. The van der Waals surface area contributed by atoms with Crippen LogP contribution in [0.5, 0.6) is 0 Å². The Morgan fingerprint density at radius 3 is 2.29 bits per heavy atom. The highest BCUT2D eigenvalue weighted by molar-refractivity contribution is 5.94. The van der Waals surface area contributed by atoms with Gasteiger partial charge >= 0.3 is 24.1 Å². The van der Waals surface area contributed by atoms with Crippen molar-refractivity contribution in [3.8, 4) is 0 Å². The molecule has 11 nitrogen and oxygen atoms in total. The first-order chi connectivity index (χ1) is 16.0. The molecule has 186 valence electrons. The fourth-order valence-corrected chi connectivity index (χ4v) is 3.07. The average molecular weight is 478 g/mol. The third kappa shape index (κ3) is 8.39. The molecule has 1 aromatic rings. The van der Waals surface area contributed by atoms with Gasteiger partial charge in [-0.1, -0.05) is 12.1 Å². The minimum Gasteiger partial charge on any atom is -0.467 e. The number of ether oxygens (including phenoxy) is 4. The standard InChI is InChI=1S/C23H31N3O8/c1-23(2,3)34-22(30)26-18(20(28)32-5)12-14-6-8-15(9-7-14)24-21(29)25-17-10-11-33-13-16(17)19(27)31-4/h6-9,18H,10-13H2,1-5H3,(H,26,30)(H2,24,25,29). The fraction of sp³-hybridized carbons (Fsp3) is 0.478. The van der Waals surface area contributed by atoms with E-state index in [0.717, 1.165) is 5.56 Å². The average Bonchev–Trinajstić information content (AvgIpc) is 2.77. The zero-order valence-corrected chi connectivity index (χ0v) is 20.0. The van der Waals surface area contributed by atoms with Gasteiger partial charge in [0.05, 0.1) is 33.0 Å². The number of methoxy groups -OCH3 is 2. The second kappa shape index (κ2) is 12.0. The van der Waals surface area contributed by atoms with Crippen LogP contribution in [0.15, 0.2) is 35.5 Å². The number of hydrogen-bond donors (Lipinski definition) is 3. The predicted octanol–water partition coefficient (Wildman–Crippen LogP) is 2.26. The molecule has 1 unspecified atom stereocenters. The molecule has 0 radical (unpaired) electrons. The van der Waals surface area contributed by atoms with Crippen LogP contribution < -0.4 is 16.0 Å².